The number of hydrogen-bond donors (Lipinski definition) is 1. The molecule has 0 atom stereocenters. The summed E-state index contributed by atoms with van der Waals surface area (Å²) in [5, 5.41) is 11.4. The monoisotopic (exact) mass is 346 g/mol. The van der Waals surface area contributed by atoms with Crippen molar-refractivity contribution in [3.05, 3.63) is 40.1 Å². The van der Waals surface area contributed by atoms with Crippen LogP contribution < -0.4 is 5.32 Å². The molecule has 6 heteroatoms. The van der Waals surface area contributed by atoms with E-state index in [1.807, 2.05) is 28.9 Å². The first-order valence-corrected chi connectivity index (χ1v) is 8.04. The number of carbonyl (C=O) groups is 1. The molecule has 0 bridgehead atoms. The predicted molar refractivity (Wildman–Crippen MR) is 81.5 cm³/mol. The maximum Gasteiger partial charge on any atom is 0.274 e. The molecule has 1 amide bonds. The summed E-state index contributed by atoms with van der Waals surface area (Å²) >= 11 is 3.43. The maximum absolute atomic E-state index is 12.3. The third-order valence-corrected chi connectivity index (χ3v) is 4.40. The van der Waals surface area contributed by atoms with Crippen LogP contribution in [0.5, 0.6) is 0 Å². The molecule has 1 aromatic heterocycles. The standard InChI is InChI=1S/C15H15BrN4O/c16-10-3-7-12(8-4-10)20-14(9-1-2-9)13(18-19-20)15(21)17-11-5-6-11/h3-4,7-9,11H,1-2,5-6H2,(H,17,21). The zero-order chi connectivity index (χ0) is 14.4. The summed E-state index contributed by atoms with van der Waals surface area (Å²) in [6, 6.07) is 8.23. The van der Waals surface area contributed by atoms with Gasteiger partial charge in [-0.05, 0) is 49.9 Å². The van der Waals surface area contributed by atoms with Crippen LogP contribution in [-0.4, -0.2) is 26.9 Å². The van der Waals surface area contributed by atoms with Crippen LogP contribution in [-0.2, 0) is 0 Å². The first-order valence-electron chi connectivity index (χ1n) is 7.25. The molecule has 1 aromatic carbocycles. The van der Waals surface area contributed by atoms with Crippen molar-refractivity contribution >= 4 is 21.8 Å². The number of hydrogen-bond acceptors (Lipinski definition) is 3. The highest BCUT2D eigenvalue weighted by molar-refractivity contribution is 9.10. The Labute approximate surface area is 130 Å². The number of rotatable bonds is 4. The highest BCUT2D eigenvalue weighted by Crippen LogP contribution is 2.42. The molecule has 2 saturated carbocycles. The first kappa shape index (κ1) is 13.0. The fourth-order valence-electron chi connectivity index (χ4n) is 2.43. The van der Waals surface area contributed by atoms with E-state index in [1.54, 1.807) is 0 Å². The van der Waals surface area contributed by atoms with Crippen LogP contribution in [0.25, 0.3) is 5.69 Å². The third-order valence-electron chi connectivity index (χ3n) is 3.87. The van der Waals surface area contributed by atoms with Crippen LogP contribution in [0.2, 0.25) is 0 Å². The Bertz CT molecular complexity index is 686. The van der Waals surface area contributed by atoms with Crippen molar-refractivity contribution in [1.82, 2.24) is 20.3 Å². The lowest BCUT2D eigenvalue weighted by Gasteiger charge is -2.07. The molecule has 2 aliphatic rings. The topological polar surface area (TPSA) is 59.8 Å². The Kier molecular flexibility index (Phi) is 3.06. The van der Waals surface area contributed by atoms with Crippen molar-refractivity contribution in [3.8, 4) is 5.69 Å². The molecule has 0 saturated heterocycles. The number of aromatic nitrogens is 3. The van der Waals surface area contributed by atoms with E-state index in [9.17, 15) is 4.79 Å². The molecule has 2 fully saturated rings. The largest absolute Gasteiger partial charge is 0.348 e. The quantitative estimate of drug-likeness (QED) is 0.925. The van der Waals surface area contributed by atoms with Crippen molar-refractivity contribution in [2.24, 2.45) is 0 Å². The second-order valence-corrected chi connectivity index (χ2v) is 6.65. The van der Waals surface area contributed by atoms with E-state index in [0.29, 0.717) is 17.7 Å². The fraction of sp³-hybridized carbons (Fsp3) is 0.400. The second-order valence-electron chi connectivity index (χ2n) is 5.73. The Morgan fingerprint density at radius 2 is 1.90 bits per heavy atom. The molecule has 1 heterocycles. The van der Waals surface area contributed by atoms with E-state index < -0.39 is 0 Å². The van der Waals surface area contributed by atoms with Gasteiger partial charge in [0.2, 0.25) is 0 Å². The van der Waals surface area contributed by atoms with Crippen molar-refractivity contribution in [1.29, 1.82) is 0 Å². The average molecular weight is 347 g/mol. The van der Waals surface area contributed by atoms with Gasteiger partial charge in [-0.25, -0.2) is 4.68 Å². The van der Waals surface area contributed by atoms with E-state index in [0.717, 1.165) is 41.5 Å². The van der Waals surface area contributed by atoms with E-state index >= 15 is 0 Å². The van der Waals surface area contributed by atoms with Crippen LogP contribution in [0.4, 0.5) is 0 Å². The summed E-state index contributed by atoms with van der Waals surface area (Å²) in [5.41, 5.74) is 2.39. The summed E-state index contributed by atoms with van der Waals surface area (Å²) in [6.45, 7) is 0. The predicted octanol–water partition coefficient (Wildman–Crippen LogP) is 2.80. The summed E-state index contributed by atoms with van der Waals surface area (Å²) in [4.78, 5) is 12.3. The van der Waals surface area contributed by atoms with Crippen LogP contribution in [0.1, 0.15) is 47.8 Å². The second kappa shape index (κ2) is 4.94. The average Bonchev–Trinajstić information content (AvgIpc) is 3.40. The third kappa shape index (κ3) is 2.60. The Balaban J connectivity index is 1.72. The summed E-state index contributed by atoms with van der Waals surface area (Å²) in [7, 11) is 0. The van der Waals surface area contributed by atoms with Gasteiger partial charge < -0.3 is 5.32 Å². The molecule has 1 N–H and O–H groups in total. The molecular weight excluding hydrogens is 332 g/mol. The molecule has 0 aliphatic heterocycles. The van der Waals surface area contributed by atoms with E-state index in [1.165, 1.54) is 0 Å². The van der Waals surface area contributed by atoms with Crippen LogP contribution in [0.3, 0.4) is 0 Å². The SMILES string of the molecule is O=C(NC1CC1)c1nnn(-c2ccc(Br)cc2)c1C1CC1. The number of carbonyl (C=O) groups excluding carboxylic acids is 1. The molecular formula is C15H15BrN4O. The highest BCUT2D eigenvalue weighted by atomic mass is 79.9. The lowest BCUT2D eigenvalue weighted by molar-refractivity contribution is 0.0945. The van der Waals surface area contributed by atoms with Gasteiger partial charge in [-0.2, -0.15) is 0 Å². The molecule has 0 unspecified atom stereocenters. The zero-order valence-electron chi connectivity index (χ0n) is 11.4. The van der Waals surface area contributed by atoms with Gasteiger partial charge in [0.25, 0.3) is 5.91 Å². The van der Waals surface area contributed by atoms with E-state index in [2.05, 4.69) is 31.6 Å². The molecule has 21 heavy (non-hydrogen) atoms. The molecule has 0 spiro atoms. The Hall–Kier alpha value is -1.69. The zero-order valence-corrected chi connectivity index (χ0v) is 13.0. The van der Waals surface area contributed by atoms with Crippen molar-refractivity contribution in [3.63, 3.8) is 0 Å². The van der Waals surface area contributed by atoms with Gasteiger partial charge in [0.05, 0.1) is 11.4 Å². The summed E-state index contributed by atoms with van der Waals surface area (Å²) in [6.07, 6.45) is 4.36. The van der Waals surface area contributed by atoms with Crippen molar-refractivity contribution in [2.75, 3.05) is 0 Å². The van der Waals surface area contributed by atoms with Gasteiger partial charge in [-0.15, -0.1) is 5.10 Å². The molecule has 108 valence electrons. The minimum absolute atomic E-state index is 0.0808. The summed E-state index contributed by atoms with van der Waals surface area (Å²) in [5.74, 6) is 0.325. The van der Waals surface area contributed by atoms with Gasteiger partial charge in [0.1, 0.15) is 0 Å². The minimum Gasteiger partial charge on any atom is -0.348 e. The number of nitrogens with one attached hydrogen (secondary N) is 1. The lowest BCUT2D eigenvalue weighted by atomic mass is 10.2. The van der Waals surface area contributed by atoms with Gasteiger partial charge in [-0.1, -0.05) is 21.1 Å². The number of halogens is 1. The van der Waals surface area contributed by atoms with E-state index in [-0.39, 0.29) is 5.91 Å². The van der Waals surface area contributed by atoms with Crippen LogP contribution >= 0.6 is 15.9 Å². The Morgan fingerprint density at radius 3 is 2.52 bits per heavy atom. The van der Waals surface area contributed by atoms with Crippen molar-refractivity contribution < 1.29 is 4.79 Å². The van der Waals surface area contributed by atoms with Gasteiger partial charge in [0.15, 0.2) is 5.69 Å². The number of amides is 1. The van der Waals surface area contributed by atoms with Crippen LogP contribution in [0, 0.1) is 0 Å². The van der Waals surface area contributed by atoms with E-state index in [4.69, 9.17) is 0 Å². The molecule has 0 radical (unpaired) electrons. The first-order chi connectivity index (χ1) is 10.2. The van der Waals surface area contributed by atoms with Gasteiger partial charge in [0, 0.05) is 16.4 Å². The van der Waals surface area contributed by atoms with Gasteiger partial charge >= 0.3 is 0 Å². The van der Waals surface area contributed by atoms with Crippen molar-refractivity contribution in [2.45, 2.75) is 37.6 Å². The van der Waals surface area contributed by atoms with Crippen LogP contribution in [0.15, 0.2) is 28.7 Å². The Morgan fingerprint density at radius 1 is 1.19 bits per heavy atom. The summed E-state index contributed by atoms with van der Waals surface area (Å²) < 4.78 is 2.83. The molecule has 2 aromatic rings. The molecule has 2 aliphatic carbocycles. The molecule has 5 nitrogen and oxygen atoms in total. The normalized spacial score (nSPS) is 17.8. The fourth-order valence-corrected chi connectivity index (χ4v) is 2.69. The highest BCUT2D eigenvalue weighted by Gasteiger charge is 2.35. The lowest BCUT2D eigenvalue weighted by Crippen LogP contribution is -2.26. The molecule has 4 rings (SSSR count). The minimum atomic E-state index is -0.0808. The van der Waals surface area contributed by atoms with Gasteiger partial charge in [-0.3, -0.25) is 4.79 Å². The maximum atomic E-state index is 12.3. The number of nitrogens with zero attached hydrogens (tertiary/aromatic N) is 3. The number of benzene rings is 1. The smallest absolute Gasteiger partial charge is 0.274 e.